The Labute approximate surface area is 145 Å². The highest BCUT2D eigenvalue weighted by atomic mass is 19.2. The number of furan rings is 1. The molecule has 1 atom stereocenters. The van der Waals surface area contributed by atoms with Gasteiger partial charge in [0, 0.05) is 19.2 Å². The summed E-state index contributed by atoms with van der Waals surface area (Å²) in [7, 11) is 0. The van der Waals surface area contributed by atoms with Crippen molar-refractivity contribution in [3.05, 3.63) is 53.0 Å². The first kappa shape index (κ1) is 18.2. The van der Waals surface area contributed by atoms with Gasteiger partial charge < -0.3 is 19.2 Å². The number of amides is 1. The molecule has 140 valence electrons. The van der Waals surface area contributed by atoms with E-state index in [1.165, 1.54) is 12.1 Å². The number of hydrogen-bond acceptors (Lipinski definition) is 4. The summed E-state index contributed by atoms with van der Waals surface area (Å²) in [5.41, 5.74) is 0. The van der Waals surface area contributed by atoms with Gasteiger partial charge in [-0.25, -0.2) is 8.78 Å². The molecule has 0 radical (unpaired) electrons. The van der Waals surface area contributed by atoms with Gasteiger partial charge in [-0.15, -0.1) is 0 Å². The Morgan fingerprint density at radius 1 is 1.19 bits per heavy atom. The minimum Gasteiger partial charge on any atom is -0.479 e. The highest BCUT2D eigenvalue weighted by molar-refractivity contribution is 5.91. The zero-order valence-electron chi connectivity index (χ0n) is 13.5. The van der Waals surface area contributed by atoms with Gasteiger partial charge in [0.1, 0.15) is 12.4 Å². The maximum Gasteiger partial charge on any atom is 0.287 e. The van der Waals surface area contributed by atoms with Gasteiger partial charge in [0.2, 0.25) is 11.6 Å². The van der Waals surface area contributed by atoms with Gasteiger partial charge >= 0.3 is 0 Å². The van der Waals surface area contributed by atoms with Gasteiger partial charge in [-0.1, -0.05) is 0 Å². The maximum absolute atomic E-state index is 13.5. The second-order valence-electron chi connectivity index (χ2n) is 5.70. The van der Waals surface area contributed by atoms with E-state index in [0.717, 1.165) is 12.8 Å². The Morgan fingerprint density at radius 2 is 1.92 bits per heavy atom. The third-order valence-electron chi connectivity index (χ3n) is 3.83. The van der Waals surface area contributed by atoms with E-state index in [1.54, 1.807) is 0 Å². The van der Waals surface area contributed by atoms with Crippen molar-refractivity contribution in [3.8, 4) is 5.75 Å². The molecule has 0 saturated carbocycles. The molecule has 2 aromatic rings. The molecule has 1 aromatic carbocycles. The average molecular weight is 373 g/mol. The fourth-order valence-corrected chi connectivity index (χ4v) is 2.50. The molecule has 3 rings (SSSR count). The van der Waals surface area contributed by atoms with Crippen molar-refractivity contribution in [1.29, 1.82) is 0 Å². The summed E-state index contributed by atoms with van der Waals surface area (Å²) >= 11 is 0. The standard InChI is InChI=1S/C17H15F4NO4/c18-11-6-12(19)15(21)16(14(11)20)25-8-10-3-4-13(26-10)17(23)22-7-9-2-1-5-24-9/h3-4,6,9H,1-2,5,7-8H2,(H,22,23)/t9-/m1/s1. The summed E-state index contributed by atoms with van der Waals surface area (Å²) in [5.74, 6) is -8.11. The molecule has 1 aliphatic heterocycles. The monoisotopic (exact) mass is 373 g/mol. The van der Waals surface area contributed by atoms with Crippen molar-refractivity contribution in [2.45, 2.75) is 25.6 Å². The second kappa shape index (κ2) is 7.77. The van der Waals surface area contributed by atoms with E-state index in [1.807, 2.05) is 0 Å². The van der Waals surface area contributed by atoms with Gasteiger partial charge in [-0.3, -0.25) is 4.79 Å². The van der Waals surface area contributed by atoms with Crippen LogP contribution >= 0.6 is 0 Å². The minimum absolute atomic E-state index is 0.0343. The van der Waals surface area contributed by atoms with E-state index in [-0.39, 0.29) is 23.7 Å². The minimum atomic E-state index is -1.65. The highest BCUT2D eigenvalue weighted by Gasteiger charge is 2.22. The summed E-state index contributed by atoms with van der Waals surface area (Å²) < 4.78 is 68.6. The van der Waals surface area contributed by atoms with E-state index in [0.29, 0.717) is 13.2 Å². The predicted octanol–water partition coefficient (Wildman–Crippen LogP) is 3.32. The molecular weight excluding hydrogens is 358 g/mol. The van der Waals surface area contributed by atoms with Crippen LogP contribution in [0.1, 0.15) is 29.2 Å². The topological polar surface area (TPSA) is 60.7 Å². The molecule has 1 aliphatic rings. The molecule has 1 fully saturated rings. The Morgan fingerprint density at radius 3 is 2.58 bits per heavy atom. The number of rotatable bonds is 6. The van der Waals surface area contributed by atoms with Crippen LogP contribution in [0.4, 0.5) is 17.6 Å². The molecular formula is C17H15F4NO4. The quantitative estimate of drug-likeness (QED) is 0.623. The van der Waals surface area contributed by atoms with Crippen molar-refractivity contribution in [2.24, 2.45) is 0 Å². The second-order valence-corrected chi connectivity index (χ2v) is 5.70. The fraction of sp³-hybridized carbons (Fsp3) is 0.353. The van der Waals surface area contributed by atoms with Gasteiger partial charge in [-0.05, 0) is 25.0 Å². The fourth-order valence-electron chi connectivity index (χ4n) is 2.50. The van der Waals surface area contributed by atoms with E-state index >= 15 is 0 Å². The van der Waals surface area contributed by atoms with Gasteiger partial charge in [0.05, 0.1) is 6.10 Å². The number of carbonyl (C=O) groups excluding carboxylic acids is 1. The summed E-state index contributed by atoms with van der Waals surface area (Å²) in [6.45, 7) is 0.483. The van der Waals surface area contributed by atoms with Crippen molar-refractivity contribution in [2.75, 3.05) is 13.2 Å². The number of nitrogens with one attached hydrogen (secondary N) is 1. The first-order chi connectivity index (χ1) is 12.5. The van der Waals surface area contributed by atoms with Crippen LogP contribution in [0.25, 0.3) is 0 Å². The van der Waals surface area contributed by atoms with Gasteiger partial charge in [0.15, 0.2) is 23.1 Å². The molecule has 0 bridgehead atoms. The molecule has 5 nitrogen and oxygen atoms in total. The van der Waals surface area contributed by atoms with Crippen LogP contribution in [0.15, 0.2) is 22.6 Å². The maximum atomic E-state index is 13.5. The summed E-state index contributed by atoms with van der Waals surface area (Å²) in [4.78, 5) is 12.0. The lowest BCUT2D eigenvalue weighted by molar-refractivity contribution is 0.0831. The lowest BCUT2D eigenvalue weighted by atomic mass is 10.2. The largest absolute Gasteiger partial charge is 0.479 e. The normalized spacial score (nSPS) is 16.7. The van der Waals surface area contributed by atoms with Crippen LogP contribution in [-0.4, -0.2) is 25.2 Å². The first-order valence-corrected chi connectivity index (χ1v) is 7.90. The van der Waals surface area contributed by atoms with Crippen molar-refractivity contribution >= 4 is 5.91 Å². The third-order valence-corrected chi connectivity index (χ3v) is 3.83. The molecule has 9 heteroatoms. The molecule has 0 unspecified atom stereocenters. The summed E-state index contributed by atoms with van der Waals surface area (Å²) in [5, 5.41) is 2.64. The van der Waals surface area contributed by atoms with E-state index in [9.17, 15) is 22.4 Å². The number of hydrogen-bond donors (Lipinski definition) is 1. The van der Waals surface area contributed by atoms with Crippen molar-refractivity contribution in [1.82, 2.24) is 5.32 Å². The van der Waals surface area contributed by atoms with Crippen LogP contribution in [0.2, 0.25) is 0 Å². The van der Waals surface area contributed by atoms with Crippen LogP contribution < -0.4 is 10.1 Å². The Hall–Kier alpha value is -2.55. The first-order valence-electron chi connectivity index (χ1n) is 7.90. The van der Waals surface area contributed by atoms with Crippen LogP contribution in [0.5, 0.6) is 5.75 Å². The lowest BCUT2D eigenvalue weighted by Gasteiger charge is -2.09. The molecule has 0 spiro atoms. The van der Waals surface area contributed by atoms with Gasteiger partial charge in [0.25, 0.3) is 5.91 Å². The van der Waals surface area contributed by atoms with E-state index < -0.39 is 41.5 Å². The SMILES string of the molecule is O=C(NC[C@H]1CCCO1)c1ccc(COc2c(F)c(F)cc(F)c2F)o1. The Bertz CT molecular complexity index is 776. The molecule has 1 N–H and O–H groups in total. The highest BCUT2D eigenvalue weighted by Crippen LogP contribution is 2.27. The van der Waals surface area contributed by atoms with Crippen LogP contribution in [0, 0.1) is 23.3 Å². The van der Waals surface area contributed by atoms with E-state index in [4.69, 9.17) is 13.9 Å². The van der Waals surface area contributed by atoms with Crippen LogP contribution in [0.3, 0.4) is 0 Å². The number of carbonyl (C=O) groups is 1. The number of halogens is 4. The smallest absolute Gasteiger partial charge is 0.287 e. The molecule has 26 heavy (non-hydrogen) atoms. The van der Waals surface area contributed by atoms with Crippen LogP contribution in [-0.2, 0) is 11.3 Å². The Kier molecular flexibility index (Phi) is 5.46. The molecule has 2 heterocycles. The zero-order chi connectivity index (χ0) is 18.7. The molecule has 1 amide bonds. The molecule has 1 aromatic heterocycles. The molecule has 0 aliphatic carbocycles. The summed E-state index contributed by atoms with van der Waals surface area (Å²) in [6, 6.07) is 2.79. The summed E-state index contributed by atoms with van der Waals surface area (Å²) in [6.07, 6.45) is 1.76. The molecule has 1 saturated heterocycles. The number of benzene rings is 1. The zero-order valence-corrected chi connectivity index (χ0v) is 13.5. The lowest BCUT2D eigenvalue weighted by Crippen LogP contribution is -2.31. The number of ether oxygens (including phenoxy) is 2. The Balaban J connectivity index is 1.59. The predicted molar refractivity (Wildman–Crippen MR) is 80.6 cm³/mol. The van der Waals surface area contributed by atoms with Gasteiger partial charge in [-0.2, -0.15) is 8.78 Å². The average Bonchev–Trinajstić information content (AvgIpc) is 3.30. The third kappa shape index (κ3) is 3.98. The van der Waals surface area contributed by atoms with E-state index in [2.05, 4.69) is 5.32 Å². The van der Waals surface area contributed by atoms with Crippen molar-refractivity contribution in [3.63, 3.8) is 0 Å². The van der Waals surface area contributed by atoms with Crippen molar-refractivity contribution < 1.29 is 36.2 Å².